The molecule has 1 saturated carbocycles. The van der Waals surface area contributed by atoms with Crippen LogP contribution in [0.5, 0.6) is 0 Å². The lowest BCUT2D eigenvalue weighted by molar-refractivity contribution is -0.116. The number of nitrogens with one attached hydrogen (secondary N) is 1. The van der Waals surface area contributed by atoms with Gasteiger partial charge in [0, 0.05) is 45.7 Å². The van der Waals surface area contributed by atoms with Crippen molar-refractivity contribution < 1.29 is 4.79 Å². The molecule has 3 aliphatic heterocycles. The van der Waals surface area contributed by atoms with Gasteiger partial charge in [-0.05, 0) is 48.3 Å². The molecular weight excluding hydrogens is 306 g/mol. The normalized spacial score (nSPS) is 30.7. The van der Waals surface area contributed by atoms with E-state index in [2.05, 4.69) is 10.2 Å². The van der Waals surface area contributed by atoms with Gasteiger partial charge in [-0.15, -0.1) is 0 Å². The highest BCUT2D eigenvalue weighted by molar-refractivity contribution is 6.30. The SMILES string of the molecule is O=C(C=C1C2CC3CC1CN(C3)C2)NCc1ccc(Cl)cc1.[B]. The van der Waals surface area contributed by atoms with Gasteiger partial charge in [0.2, 0.25) is 5.91 Å². The van der Waals surface area contributed by atoms with Gasteiger partial charge < -0.3 is 10.2 Å². The van der Waals surface area contributed by atoms with Gasteiger partial charge in [0.25, 0.3) is 0 Å². The van der Waals surface area contributed by atoms with Crippen LogP contribution in [0.2, 0.25) is 5.02 Å². The number of halogens is 1. The summed E-state index contributed by atoms with van der Waals surface area (Å²) in [6, 6.07) is 7.61. The molecule has 2 atom stereocenters. The highest BCUT2D eigenvalue weighted by Crippen LogP contribution is 2.46. The summed E-state index contributed by atoms with van der Waals surface area (Å²) in [5, 5.41) is 3.73. The van der Waals surface area contributed by atoms with Crippen LogP contribution in [0.3, 0.4) is 0 Å². The number of carbonyl (C=O) groups excluding carboxylic acids is 1. The van der Waals surface area contributed by atoms with E-state index in [1.807, 2.05) is 30.3 Å². The summed E-state index contributed by atoms with van der Waals surface area (Å²) >= 11 is 5.87. The first-order chi connectivity index (χ1) is 10.7. The number of piperidine rings is 3. The Morgan fingerprint density at radius 1 is 1.17 bits per heavy atom. The molecule has 3 nitrogen and oxygen atoms in total. The van der Waals surface area contributed by atoms with Crippen LogP contribution >= 0.6 is 11.6 Å². The molecule has 5 rings (SSSR count). The van der Waals surface area contributed by atoms with Gasteiger partial charge in [-0.25, -0.2) is 0 Å². The van der Waals surface area contributed by atoms with Crippen molar-refractivity contribution in [2.75, 3.05) is 19.6 Å². The molecule has 1 amide bonds. The first kappa shape index (κ1) is 16.6. The van der Waals surface area contributed by atoms with Gasteiger partial charge in [0.05, 0.1) is 0 Å². The van der Waals surface area contributed by atoms with Crippen molar-refractivity contribution in [1.29, 1.82) is 0 Å². The van der Waals surface area contributed by atoms with E-state index in [4.69, 9.17) is 11.6 Å². The van der Waals surface area contributed by atoms with Crippen molar-refractivity contribution >= 4 is 25.9 Å². The van der Waals surface area contributed by atoms with E-state index in [-0.39, 0.29) is 14.3 Å². The molecule has 4 aliphatic rings. The maximum absolute atomic E-state index is 12.2. The summed E-state index contributed by atoms with van der Waals surface area (Å²) in [5.74, 6) is 2.15. The van der Waals surface area contributed by atoms with Crippen LogP contribution in [0.4, 0.5) is 0 Å². The van der Waals surface area contributed by atoms with E-state index in [1.54, 1.807) is 0 Å². The smallest absolute Gasteiger partial charge is 0.244 e. The number of carbonyl (C=O) groups is 1. The molecular formula is C18H21BClN2O. The van der Waals surface area contributed by atoms with Crippen LogP contribution in [0.15, 0.2) is 35.9 Å². The zero-order valence-electron chi connectivity index (χ0n) is 13.2. The zero-order valence-corrected chi connectivity index (χ0v) is 13.9. The molecule has 1 N–H and O–H groups in total. The maximum atomic E-state index is 12.2. The van der Waals surface area contributed by atoms with Crippen molar-refractivity contribution in [1.82, 2.24) is 10.2 Å². The molecule has 0 aromatic heterocycles. The lowest BCUT2D eigenvalue weighted by atomic mass is 9.65. The van der Waals surface area contributed by atoms with Crippen LogP contribution in [-0.4, -0.2) is 38.9 Å². The molecule has 0 spiro atoms. The molecule has 3 heterocycles. The summed E-state index contributed by atoms with van der Waals surface area (Å²) in [5.41, 5.74) is 2.48. The predicted molar refractivity (Wildman–Crippen MR) is 93.3 cm³/mol. The van der Waals surface area contributed by atoms with Crippen LogP contribution in [0.25, 0.3) is 0 Å². The largest absolute Gasteiger partial charge is 0.348 e. The van der Waals surface area contributed by atoms with Crippen LogP contribution in [0, 0.1) is 17.8 Å². The molecule has 3 radical (unpaired) electrons. The van der Waals surface area contributed by atoms with Crippen molar-refractivity contribution in [2.24, 2.45) is 17.8 Å². The third-order valence-corrected chi connectivity index (χ3v) is 5.58. The van der Waals surface area contributed by atoms with Crippen molar-refractivity contribution in [3.8, 4) is 0 Å². The van der Waals surface area contributed by atoms with E-state index in [0.29, 0.717) is 18.4 Å². The highest BCUT2D eigenvalue weighted by Gasteiger charge is 2.44. The van der Waals surface area contributed by atoms with Crippen LogP contribution in [-0.2, 0) is 11.3 Å². The fraction of sp³-hybridized carbons (Fsp3) is 0.500. The topological polar surface area (TPSA) is 32.3 Å². The van der Waals surface area contributed by atoms with Crippen molar-refractivity contribution in [3.63, 3.8) is 0 Å². The van der Waals surface area contributed by atoms with E-state index in [1.165, 1.54) is 25.0 Å². The minimum absolute atomic E-state index is 0. The Morgan fingerprint density at radius 2 is 1.83 bits per heavy atom. The van der Waals surface area contributed by atoms with Crippen LogP contribution in [0.1, 0.15) is 18.4 Å². The van der Waals surface area contributed by atoms with Gasteiger partial charge in [-0.3, -0.25) is 4.79 Å². The Kier molecular flexibility index (Phi) is 4.83. The van der Waals surface area contributed by atoms with Crippen LogP contribution < -0.4 is 5.32 Å². The van der Waals surface area contributed by atoms with E-state index >= 15 is 0 Å². The minimum atomic E-state index is 0. The van der Waals surface area contributed by atoms with Crippen molar-refractivity contribution in [3.05, 3.63) is 46.5 Å². The first-order valence-electron chi connectivity index (χ1n) is 8.13. The zero-order chi connectivity index (χ0) is 15.1. The number of rotatable bonds is 3. The standard InChI is InChI=1S/C18H21ClN2O.B/c19-16-3-1-12(2-4-16)8-20-18(22)7-17-14-5-13-6-15(17)11-21(9-13)10-14;/h1-4,7,13-15H,5-6,8-11H2,(H,20,22);. The molecule has 1 aromatic carbocycles. The van der Waals surface area contributed by atoms with Crippen molar-refractivity contribution in [2.45, 2.75) is 19.4 Å². The number of benzene rings is 1. The maximum Gasteiger partial charge on any atom is 0.244 e. The second-order valence-corrected chi connectivity index (χ2v) is 7.37. The fourth-order valence-electron chi connectivity index (χ4n) is 4.46. The first-order valence-corrected chi connectivity index (χ1v) is 8.51. The quantitative estimate of drug-likeness (QED) is 0.683. The average Bonchev–Trinajstić information content (AvgIpc) is 2.50. The number of hydrogen-bond donors (Lipinski definition) is 1. The Morgan fingerprint density at radius 3 is 2.43 bits per heavy atom. The second kappa shape index (κ2) is 6.70. The van der Waals surface area contributed by atoms with E-state index in [0.717, 1.165) is 29.6 Å². The predicted octanol–water partition coefficient (Wildman–Crippen LogP) is 2.47. The number of amides is 1. The Labute approximate surface area is 144 Å². The summed E-state index contributed by atoms with van der Waals surface area (Å²) in [7, 11) is 0. The minimum Gasteiger partial charge on any atom is -0.348 e. The summed E-state index contributed by atoms with van der Waals surface area (Å²) in [6.45, 7) is 4.15. The molecule has 1 aliphatic carbocycles. The van der Waals surface area contributed by atoms with Gasteiger partial charge in [-0.2, -0.15) is 0 Å². The summed E-state index contributed by atoms with van der Waals surface area (Å²) in [4.78, 5) is 14.8. The Hall–Kier alpha value is -1.26. The van der Waals surface area contributed by atoms with Gasteiger partial charge >= 0.3 is 0 Å². The Bertz CT molecular complexity index is 584. The summed E-state index contributed by atoms with van der Waals surface area (Å²) in [6.07, 6.45) is 4.46. The highest BCUT2D eigenvalue weighted by atomic mass is 35.5. The average molecular weight is 328 g/mol. The molecule has 3 saturated heterocycles. The monoisotopic (exact) mass is 327 g/mol. The Balaban J connectivity index is 0.00000156. The summed E-state index contributed by atoms with van der Waals surface area (Å²) < 4.78 is 0. The van der Waals surface area contributed by atoms with Gasteiger partial charge in [0.15, 0.2) is 0 Å². The lowest BCUT2D eigenvalue weighted by Gasteiger charge is -2.53. The molecule has 5 heteroatoms. The van der Waals surface area contributed by atoms with E-state index < -0.39 is 0 Å². The third-order valence-electron chi connectivity index (χ3n) is 5.33. The lowest BCUT2D eigenvalue weighted by Crippen LogP contribution is -2.54. The number of nitrogens with zero attached hydrogens (tertiary/aromatic N) is 1. The second-order valence-electron chi connectivity index (χ2n) is 6.94. The molecule has 23 heavy (non-hydrogen) atoms. The molecule has 4 bridgehead atoms. The molecule has 1 aromatic rings. The fourth-order valence-corrected chi connectivity index (χ4v) is 4.58. The molecule has 2 unspecified atom stereocenters. The van der Waals surface area contributed by atoms with Gasteiger partial charge in [0.1, 0.15) is 0 Å². The molecule has 119 valence electrons. The molecule has 4 fully saturated rings. The van der Waals surface area contributed by atoms with Gasteiger partial charge in [-0.1, -0.05) is 29.3 Å². The third kappa shape index (κ3) is 3.48. The van der Waals surface area contributed by atoms with E-state index in [9.17, 15) is 4.79 Å². The number of hydrogen-bond acceptors (Lipinski definition) is 2.